The van der Waals surface area contributed by atoms with Gasteiger partial charge in [0.05, 0.1) is 44.8 Å². The van der Waals surface area contributed by atoms with Crippen LogP contribution in [0.5, 0.6) is 0 Å². The quantitative estimate of drug-likeness (QED) is 0.0556. The van der Waals surface area contributed by atoms with E-state index in [4.69, 9.17) is 14.2 Å². The summed E-state index contributed by atoms with van der Waals surface area (Å²) in [5, 5.41) is 9.18. The first-order valence-corrected chi connectivity index (χ1v) is 23.4. The molecule has 0 bridgehead atoms. The number of halogens is 3. The Morgan fingerprint density at radius 3 is 2.48 bits per heavy atom. The molecule has 16 nitrogen and oxygen atoms in total. The molecule has 8 rings (SSSR count). The summed E-state index contributed by atoms with van der Waals surface area (Å²) in [5.74, 6) is 4.92. The number of hydrogen-bond donors (Lipinski definition) is 2. The Balaban J connectivity index is 0.710. The maximum absolute atomic E-state index is 14.4. The van der Waals surface area contributed by atoms with Gasteiger partial charge in [-0.3, -0.25) is 34.2 Å². The van der Waals surface area contributed by atoms with Crippen LogP contribution in [0.25, 0.3) is 5.65 Å². The largest absolute Gasteiger partial charge is 0.416 e. The van der Waals surface area contributed by atoms with E-state index in [0.717, 1.165) is 22.1 Å². The number of ether oxygens (including phenoxy) is 3. The number of anilines is 1. The molecule has 2 saturated heterocycles. The number of piperazine rings is 1. The zero-order valence-corrected chi connectivity index (χ0v) is 38.5. The molecule has 2 fully saturated rings. The third-order valence-corrected chi connectivity index (χ3v) is 13.0. The predicted molar refractivity (Wildman–Crippen MR) is 247 cm³/mol. The van der Waals surface area contributed by atoms with Crippen LogP contribution >= 0.6 is 11.8 Å². The molecule has 3 aliphatic rings. The van der Waals surface area contributed by atoms with Crippen molar-refractivity contribution in [2.24, 2.45) is 0 Å². The molecule has 0 spiro atoms. The molecule has 0 saturated carbocycles. The molecular formula is C49H49F3N8O8S. The highest BCUT2D eigenvalue weighted by atomic mass is 32.2. The first-order valence-electron chi connectivity index (χ1n) is 22.4. The molecular weight excluding hydrogens is 918 g/mol. The van der Waals surface area contributed by atoms with Gasteiger partial charge in [-0.15, -0.1) is 11.8 Å². The molecule has 2 N–H and O–H groups in total. The Morgan fingerprint density at radius 1 is 0.913 bits per heavy atom. The molecule has 360 valence electrons. The molecule has 3 aromatic carbocycles. The second kappa shape index (κ2) is 22.2. The van der Waals surface area contributed by atoms with Gasteiger partial charge in [0.25, 0.3) is 11.8 Å². The first kappa shape index (κ1) is 48.8. The summed E-state index contributed by atoms with van der Waals surface area (Å²) >= 11 is 1.56. The Bertz CT molecular complexity index is 2800. The van der Waals surface area contributed by atoms with Crippen LogP contribution in [0.3, 0.4) is 0 Å². The smallest absolute Gasteiger partial charge is 0.378 e. The molecule has 20 heteroatoms. The van der Waals surface area contributed by atoms with Crippen molar-refractivity contribution < 1.29 is 51.4 Å². The highest BCUT2D eigenvalue weighted by Gasteiger charge is 2.40. The SMILES string of the molecule is Cc1ccc(C(=O)Nc2ccc(CN3CCN(C(=O)COCCOCCOCCSc4cccc5c4CN(C4CCC(=O)NC4=O)C5=O)CC3)c(C(F)(F)F)c2)cc1C#Cc1cnc2cccnn12. The number of benzene rings is 3. The van der Waals surface area contributed by atoms with Crippen molar-refractivity contribution in [2.75, 3.05) is 76.9 Å². The molecule has 2 aromatic heterocycles. The van der Waals surface area contributed by atoms with Gasteiger partial charge in [0, 0.05) is 84.9 Å². The van der Waals surface area contributed by atoms with E-state index in [9.17, 15) is 37.1 Å². The summed E-state index contributed by atoms with van der Waals surface area (Å²) in [6.45, 7) is 4.95. The average Bonchev–Trinajstić information content (AvgIpc) is 3.91. The lowest BCUT2D eigenvalue weighted by molar-refractivity contribution is -0.139. The van der Waals surface area contributed by atoms with Gasteiger partial charge in [0.15, 0.2) is 5.65 Å². The fraction of sp³-hybridized carbons (Fsp3) is 0.367. The molecule has 3 aliphatic heterocycles. The van der Waals surface area contributed by atoms with E-state index in [1.165, 1.54) is 17.0 Å². The van der Waals surface area contributed by atoms with Crippen LogP contribution in [-0.4, -0.2) is 136 Å². The monoisotopic (exact) mass is 966 g/mol. The number of aromatic nitrogens is 3. The van der Waals surface area contributed by atoms with Crippen LogP contribution in [0, 0.1) is 18.8 Å². The number of imide groups is 1. The summed E-state index contributed by atoms with van der Waals surface area (Å²) in [4.78, 5) is 73.4. The second-order valence-electron chi connectivity index (χ2n) is 16.5. The van der Waals surface area contributed by atoms with Crippen LogP contribution < -0.4 is 10.6 Å². The topological polar surface area (TPSA) is 177 Å². The van der Waals surface area contributed by atoms with E-state index in [1.54, 1.807) is 70.0 Å². The van der Waals surface area contributed by atoms with Crippen LogP contribution in [-0.2, 0) is 47.9 Å². The Hall–Kier alpha value is -6.63. The van der Waals surface area contributed by atoms with Gasteiger partial charge in [-0.25, -0.2) is 9.50 Å². The minimum Gasteiger partial charge on any atom is -0.378 e. The number of imidazole rings is 1. The minimum atomic E-state index is -4.68. The zero-order valence-electron chi connectivity index (χ0n) is 37.7. The minimum absolute atomic E-state index is 0.00223. The van der Waals surface area contributed by atoms with Gasteiger partial charge in [-0.1, -0.05) is 24.1 Å². The van der Waals surface area contributed by atoms with Crippen LogP contribution in [0.2, 0.25) is 0 Å². The van der Waals surface area contributed by atoms with E-state index >= 15 is 0 Å². The normalized spacial score (nSPS) is 16.3. The van der Waals surface area contributed by atoms with Crippen molar-refractivity contribution in [1.29, 1.82) is 0 Å². The van der Waals surface area contributed by atoms with Crippen molar-refractivity contribution in [1.82, 2.24) is 34.6 Å². The van der Waals surface area contributed by atoms with Crippen LogP contribution in [0.1, 0.15) is 67.1 Å². The summed E-state index contributed by atoms with van der Waals surface area (Å²) < 4.78 is 61.6. The third-order valence-electron chi connectivity index (χ3n) is 11.9. The summed E-state index contributed by atoms with van der Waals surface area (Å²) in [7, 11) is 0. The number of rotatable bonds is 17. The highest BCUT2D eigenvalue weighted by Crippen LogP contribution is 2.36. The fourth-order valence-corrected chi connectivity index (χ4v) is 9.14. The number of nitrogens with zero attached hydrogens (tertiary/aromatic N) is 6. The van der Waals surface area contributed by atoms with Crippen LogP contribution in [0.15, 0.2) is 84.0 Å². The van der Waals surface area contributed by atoms with Crippen molar-refractivity contribution in [2.45, 2.75) is 50.0 Å². The highest BCUT2D eigenvalue weighted by molar-refractivity contribution is 7.99. The molecule has 5 heterocycles. The number of thioether (sulfide) groups is 1. The lowest BCUT2D eigenvalue weighted by Crippen LogP contribution is -2.52. The average molecular weight is 967 g/mol. The molecule has 1 atom stereocenters. The molecule has 5 aromatic rings. The van der Waals surface area contributed by atoms with E-state index < -0.39 is 29.6 Å². The number of fused-ring (bicyclic) bond motifs is 2. The number of carbonyl (C=O) groups is 5. The summed E-state index contributed by atoms with van der Waals surface area (Å²) in [6, 6.07) is 17.1. The first-order chi connectivity index (χ1) is 33.3. The fourth-order valence-electron chi connectivity index (χ4n) is 8.19. The Labute approximate surface area is 399 Å². The number of carbonyl (C=O) groups excluding carboxylic acids is 5. The number of amides is 5. The maximum atomic E-state index is 14.4. The summed E-state index contributed by atoms with van der Waals surface area (Å²) in [6.07, 6.45) is -0.959. The lowest BCUT2D eigenvalue weighted by Gasteiger charge is -2.35. The van der Waals surface area contributed by atoms with Crippen molar-refractivity contribution in [3.8, 4) is 11.8 Å². The summed E-state index contributed by atoms with van der Waals surface area (Å²) in [5.41, 5.74) is 3.43. The number of nitrogens with one attached hydrogen (secondary N) is 2. The molecule has 1 unspecified atom stereocenters. The van der Waals surface area contributed by atoms with Gasteiger partial charge < -0.3 is 29.3 Å². The molecule has 0 radical (unpaired) electrons. The predicted octanol–water partition coefficient (Wildman–Crippen LogP) is 4.96. The van der Waals surface area contributed by atoms with Gasteiger partial charge in [0.2, 0.25) is 17.7 Å². The second-order valence-corrected chi connectivity index (χ2v) is 17.6. The van der Waals surface area contributed by atoms with Gasteiger partial charge in [0.1, 0.15) is 18.3 Å². The van der Waals surface area contributed by atoms with E-state index in [0.29, 0.717) is 87.2 Å². The third kappa shape index (κ3) is 12.2. The molecule has 5 amide bonds. The van der Waals surface area contributed by atoms with Crippen molar-refractivity contribution in [3.63, 3.8) is 0 Å². The number of aryl methyl sites for hydroxylation is 1. The number of alkyl halides is 3. The Kier molecular flexibility index (Phi) is 15.7. The standard InChI is InChI=1S/C49H49F3N8O8S/c1-32-7-8-34(26-33(32)10-12-37-28-53-43-6-3-15-54-60(37)43)46(63)55-36-11-9-35(40(27-36)49(50,51)52)29-57-16-18-58(19-17-57)45(62)31-68-23-22-66-20-21-67-24-25-69-42-5-2-4-38-39(42)30-59(48(38)65)41-13-14-44(61)56-47(41)64/h2-9,11,15,26-28,41H,13-14,16-25,29-31H2,1H3,(H,55,63)(H,56,61,64). The zero-order chi connectivity index (χ0) is 48.5. The van der Waals surface area contributed by atoms with E-state index in [-0.39, 0.29) is 67.3 Å². The van der Waals surface area contributed by atoms with Crippen molar-refractivity contribution >= 4 is 52.6 Å². The molecule has 0 aliphatic carbocycles. The maximum Gasteiger partial charge on any atom is 0.416 e. The van der Waals surface area contributed by atoms with Crippen LogP contribution in [0.4, 0.5) is 18.9 Å². The van der Waals surface area contributed by atoms with Gasteiger partial charge in [-0.05, 0) is 84.5 Å². The van der Waals surface area contributed by atoms with Crippen molar-refractivity contribution in [3.05, 3.63) is 124 Å². The number of hydrogen-bond acceptors (Lipinski definition) is 12. The number of piperidine rings is 1. The van der Waals surface area contributed by atoms with E-state index in [1.807, 2.05) is 24.0 Å². The Morgan fingerprint density at radius 2 is 1.70 bits per heavy atom. The molecule has 69 heavy (non-hydrogen) atoms. The van der Waals surface area contributed by atoms with E-state index in [2.05, 4.69) is 32.6 Å². The van der Waals surface area contributed by atoms with Gasteiger partial charge >= 0.3 is 6.18 Å². The lowest BCUT2D eigenvalue weighted by atomic mass is 10.0. The van der Waals surface area contributed by atoms with Gasteiger partial charge in [-0.2, -0.15) is 18.3 Å².